The molecule has 96 valence electrons. The van der Waals surface area contributed by atoms with Crippen LogP contribution in [0.3, 0.4) is 0 Å². The van der Waals surface area contributed by atoms with Crippen molar-refractivity contribution in [3.63, 3.8) is 0 Å². The second-order valence-corrected chi connectivity index (χ2v) is 4.71. The molecule has 0 unspecified atom stereocenters. The van der Waals surface area contributed by atoms with Crippen molar-refractivity contribution in [1.82, 2.24) is 0 Å². The molecule has 0 aliphatic carbocycles. The maximum atomic E-state index is 6.24. The van der Waals surface area contributed by atoms with Gasteiger partial charge in [0, 0.05) is 17.9 Å². The van der Waals surface area contributed by atoms with Crippen molar-refractivity contribution in [2.75, 3.05) is 0 Å². The van der Waals surface area contributed by atoms with Gasteiger partial charge >= 0.3 is 0 Å². The van der Waals surface area contributed by atoms with Crippen LogP contribution in [-0.2, 0) is 6.42 Å². The van der Waals surface area contributed by atoms with E-state index in [2.05, 4.69) is 6.92 Å². The van der Waals surface area contributed by atoms with E-state index < -0.39 is 0 Å². The number of fused-ring (bicyclic) bond motifs is 1. The van der Waals surface area contributed by atoms with Crippen LogP contribution in [0.15, 0.2) is 52.9 Å². The monoisotopic (exact) mass is 272 g/mol. The number of furan rings is 1. The van der Waals surface area contributed by atoms with Crippen LogP contribution in [0.25, 0.3) is 11.0 Å². The fourth-order valence-corrected chi connectivity index (χ4v) is 2.17. The highest BCUT2D eigenvalue weighted by molar-refractivity contribution is 6.32. The largest absolute Gasteiger partial charge is 0.461 e. The van der Waals surface area contributed by atoms with Gasteiger partial charge in [-0.05, 0) is 24.3 Å². The van der Waals surface area contributed by atoms with Crippen LogP contribution < -0.4 is 4.74 Å². The topological polar surface area (TPSA) is 22.4 Å². The highest BCUT2D eigenvalue weighted by Gasteiger charge is 2.09. The second-order valence-electron chi connectivity index (χ2n) is 4.30. The molecule has 0 aliphatic heterocycles. The first kappa shape index (κ1) is 12.1. The Balaban J connectivity index is 2.01. The van der Waals surface area contributed by atoms with Crippen molar-refractivity contribution < 1.29 is 9.15 Å². The summed E-state index contributed by atoms with van der Waals surface area (Å²) in [7, 11) is 0. The van der Waals surface area contributed by atoms with Gasteiger partial charge in [0.1, 0.15) is 22.8 Å². The molecule has 1 heterocycles. The summed E-state index contributed by atoms with van der Waals surface area (Å²) in [6, 6.07) is 15.3. The van der Waals surface area contributed by atoms with E-state index in [0.29, 0.717) is 10.8 Å². The van der Waals surface area contributed by atoms with E-state index in [-0.39, 0.29) is 0 Å². The van der Waals surface area contributed by atoms with Crippen LogP contribution in [0, 0.1) is 0 Å². The smallest absolute Gasteiger partial charge is 0.149 e. The zero-order chi connectivity index (χ0) is 13.2. The molecule has 0 amide bonds. The quantitative estimate of drug-likeness (QED) is 0.633. The SMILES string of the molecule is CCc1cc2cc(Cl)c(Oc3ccccc3)cc2o1. The van der Waals surface area contributed by atoms with Crippen LogP contribution >= 0.6 is 11.6 Å². The first-order valence-electron chi connectivity index (χ1n) is 6.21. The van der Waals surface area contributed by atoms with Gasteiger partial charge in [-0.3, -0.25) is 0 Å². The number of para-hydroxylation sites is 1. The van der Waals surface area contributed by atoms with Crippen molar-refractivity contribution in [3.05, 3.63) is 59.3 Å². The number of hydrogen-bond acceptors (Lipinski definition) is 2. The molecule has 0 bridgehead atoms. The average molecular weight is 273 g/mol. The third-order valence-electron chi connectivity index (χ3n) is 2.94. The van der Waals surface area contributed by atoms with Gasteiger partial charge in [-0.1, -0.05) is 36.7 Å². The Kier molecular flexibility index (Phi) is 3.18. The zero-order valence-electron chi connectivity index (χ0n) is 10.5. The third-order valence-corrected chi connectivity index (χ3v) is 3.24. The van der Waals surface area contributed by atoms with E-state index in [1.165, 1.54) is 0 Å². The minimum atomic E-state index is 0.583. The number of hydrogen-bond donors (Lipinski definition) is 0. The minimum absolute atomic E-state index is 0.583. The molecule has 0 atom stereocenters. The molecule has 0 saturated carbocycles. The number of rotatable bonds is 3. The van der Waals surface area contributed by atoms with Crippen molar-refractivity contribution in [2.24, 2.45) is 0 Å². The fraction of sp³-hybridized carbons (Fsp3) is 0.125. The van der Waals surface area contributed by atoms with Crippen LogP contribution in [0.1, 0.15) is 12.7 Å². The third kappa shape index (κ3) is 2.45. The normalized spacial score (nSPS) is 10.8. The van der Waals surface area contributed by atoms with Crippen LogP contribution in [0.2, 0.25) is 5.02 Å². The van der Waals surface area contributed by atoms with E-state index in [4.69, 9.17) is 20.8 Å². The van der Waals surface area contributed by atoms with Gasteiger partial charge in [0.25, 0.3) is 0 Å². The fourth-order valence-electron chi connectivity index (χ4n) is 1.96. The predicted molar refractivity (Wildman–Crippen MR) is 77.1 cm³/mol. The van der Waals surface area contributed by atoms with Gasteiger partial charge in [-0.15, -0.1) is 0 Å². The molecule has 0 aliphatic rings. The van der Waals surface area contributed by atoms with Gasteiger partial charge in [0.05, 0.1) is 5.02 Å². The summed E-state index contributed by atoms with van der Waals surface area (Å²) in [5, 5.41) is 1.59. The summed E-state index contributed by atoms with van der Waals surface area (Å²) in [5.41, 5.74) is 0.798. The van der Waals surface area contributed by atoms with Crippen LogP contribution in [-0.4, -0.2) is 0 Å². The first-order valence-corrected chi connectivity index (χ1v) is 6.59. The van der Waals surface area contributed by atoms with Gasteiger partial charge in [0.2, 0.25) is 0 Å². The molecule has 0 spiro atoms. The molecule has 0 radical (unpaired) electrons. The van der Waals surface area contributed by atoms with E-state index in [1.54, 1.807) is 0 Å². The molecule has 2 aromatic carbocycles. The summed E-state index contributed by atoms with van der Waals surface area (Å²) in [5.74, 6) is 2.31. The molecule has 0 fully saturated rings. The van der Waals surface area contributed by atoms with E-state index in [1.807, 2.05) is 48.5 Å². The van der Waals surface area contributed by atoms with Gasteiger partial charge < -0.3 is 9.15 Å². The lowest BCUT2D eigenvalue weighted by Crippen LogP contribution is -1.84. The number of benzene rings is 2. The van der Waals surface area contributed by atoms with Crippen molar-refractivity contribution >= 4 is 22.6 Å². The molecule has 1 aromatic heterocycles. The van der Waals surface area contributed by atoms with Crippen LogP contribution in [0.4, 0.5) is 0 Å². The molecular weight excluding hydrogens is 260 g/mol. The Bertz CT molecular complexity index is 701. The first-order chi connectivity index (χ1) is 9.26. The van der Waals surface area contributed by atoms with Gasteiger partial charge in [0.15, 0.2) is 0 Å². The number of ether oxygens (including phenoxy) is 1. The van der Waals surface area contributed by atoms with E-state index in [0.717, 1.165) is 28.9 Å². The van der Waals surface area contributed by atoms with E-state index >= 15 is 0 Å². The Hall–Kier alpha value is -1.93. The maximum Gasteiger partial charge on any atom is 0.149 e. The standard InChI is InChI=1S/C16H13ClO2/c1-2-12-8-11-9-14(17)16(10-15(11)18-12)19-13-6-4-3-5-7-13/h3-10H,2H2,1H3. The Labute approximate surface area is 116 Å². The van der Waals surface area contributed by atoms with E-state index in [9.17, 15) is 0 Å². The summed E-state index contributed by atoms with van der Waals surface area (Å²) in [6.45, 7) is 2.06. The van der Waals surface area contributed by atoms with Gasteiger partial charge in [-0.25, -0.2) is 0 Å². The predicted octanol–water partition coefficient (Wildman–Crippen LogP) is 5.44. The average Bonchev–Trinajstić information content (AvgIpc) is 2.82. The maximum absolute atomic E-state index is 6.24. The van der Waals surface area contributed by atoms with Crippen LogP contribution in [0.5, 0.6) is 11.5 Å². The molecule has 0 saturated heterocycles. The summed E-state index contributed by atoms with van der Waals surface area (Å²) in [4.78, 5) is 0. The van der Waals surface area contributed by atoms with Crippen molar-refractivity contribution in [1.29, 1.82) is 0 Å². The van der Waals surface area contributed by atoms with Crippen molar-refractivity contribution in [3.8, 4) is 11.5 Å². The molecule has 2 nitrogen and oxygen atoms in total. The summed E-state index contributed by atoms with van der Waals surface area (Å²) < 4.78 is 11.5. The highest BCUT2D eigenvalue weighted by atomic mass is 35.5. The van der Waals surface area contributed by atoms with Crippen molar-refractivity contribution in [2.45, 2.75) is 13.3 Å². The molecule has 3 aromatic rings. The molecule has 3 heteroatoms. The zero-order valence-corrected chi connectivity index (χ0v) is 11.3. The lowest BCUT2D eigenvalue weighted by molar-refractivity contribution is 0.481. The Morgan fingerprint density at radius 3 is 2.63 bits per heavy atom. The second kappa shape index (κ2) is 4.98. The molecule has 3 rings (SSSR count). The van der Waals surface area contributed by atoms with Gasteiger partial charge in [-0.2, -0.15) is 0 Å². The molecular formula is C16H13ClO2. The Morgan fingerprint density at radius 2 is 1.89 bits per heavy atom. The number of halogens is 1. The summed E-state index contributed by atoms with van der Waals surface area (Å²) >= 11 is 6.24. The highest BCUT2D eigenvalue weighted by Crippen LogP contribution is 2.34. The lowest BCUT2D eigenvalue weighted by atomic mass is 10.2. The lowest BCUT2D eigenvalue weighted by Gasteiger charge is -2.07. The summed E-state index contributed by atoms with van der Waals surface area (Å²) in [6.07, 6.45) is 0.862. The number of aryl methyl sites for hydroxylation is 1. The Morgan fingerprint density at radius 1 is 1.11 bits per heavy atom. The molecule has 19 heavy (non-hydrogen) atoms. The molecule has 0 N–H and O–H groups in total. The minimum Gasteiger partial charge on any atom is -0.461 e.